The molecule has 1 aliphatic heterocycles. The first kappa shape index (κ1) is 10.9. The molecule has 1 heterocycles. The van der Waals surface area contributed by atoms with E-state index in [9.17, 15) is 0 Å². The molecular weight excluding hydrogens is 220 g/mol. The summed E-state index contributed by atoms with van der Waals surface area (Å²) in [7, 11) is 0. The molecule has 0 amide bonds. The van der Waals surface area contributed by atoms with E-state index in [1.807, 2.05) is 11.8 Å². The van der Waals surface area contributed by atoms with Gasteiger partial charge >= 0.3 is 0 Å². The number of nitrogens with zero attached hydrogens (tertiary/aromatic N) is 1. The first-order chi connectivity index (χ1) is 7.92. The van der Waals surface area contributed by atoms with E-state index < -0.39 is 0 Å². The maximum absolute atomic E-state index is 5.58. The van der Waals surface area contributed by atoms with Gasteiger partial charge in [0.15, 0.2) is 5.17 Å². The second kappa shape index (κ2) is 4.96. The summed E-state index contributed by atoms with van der Waals surface area (Å²) in [5, 5.41) is 5.29. The normalized spacial score (nSPS) is 29.2. The van der Waals surface area contributed by atoms with Crippen LogP contribution in [0.2, 0.25) is 0 Å². The zero-order valence-electron chi connectivity index (χ0n) is 9.65. The molecule has 0 aromatic carbocycles. The Labute approximate surface area is 101 Å². The fourth-order valence-electron chi connectivity index (χ4n) is 1.97. The number of rotatable bonds is 6. The van der Waals surface area contributed by atoms with Crippen LogP contribution >= 0.6 is 11.8 Å². The van der Waals surface area contributed by atoms with Crippen LogP contribution in [0.4, 0.5) is 0 Å². The molecule has 90 valence electrons. The van der Waals surface area contributed by atoms with Crippen molar-refractivity contribution >= 4 is 16.9 Å². The Kier molecular flexibility index (Phi) is 3.38. The van der Waals surface area contributed by atoms with E-state index in [4.69, 9.17) is 4.74 Å². The lowest BCUT2D eigenvalue weighted by molar-refractivity contribution is 0.129. The Morgan fingerprint density at radius 3 is 2.94 bits per heavy atom. The first-order valence-electron chi connectivity index (χ1n) is 6.44. The number of aliphatic imine (C=N–C) groups is 1. The fourth-order valence-corrected chi connectivity index (χ4v) is 3.20. The van der Waals surface area contributed by atoms with E-state index in [0.29, 0.717) is 0 Å². The predicted molar refractivity (Wildman–Crippen MR) is 68.0 cm³/mol. The predicted octanol–water partition coefficient (Wildman–Crippen LogP) is 1.88. The molecule has 2 fully saturated rings. The summed E-state index contributed by atoms with van der Waals surface area (Å²) in [6, 6.07) is 0. The Bertz CT molecular complexity index is 274. The van der Waals surface area contributed by atoms with Crippen molar-refractivity contribution in [2.24, 2.45) is 16.8 Å². The van der Waals surface area contributed by atoms with Gasteiger partial charge in [-0.3, -0.25) is 4.99 Å². The minimum atomic E-state index is 0.773. The molecule has 0 bridgehead atoms. The third-order valence-electron chi connectivity index (χ3n) is 3.40. The van der Waals surface area contributed by atoms with Gasteiger partial charge in [0.25, 0.3) is 0 Å². The topological polar surface area (TPSA) is 33.6 Å². The zero-order chi connectivity index (χ0) is 10.8. The SMILES string of the molecule is C(COCC1CC1)NC1=NCC(C2CC2)S1. The quantitative estimate of drug-likeness (QED) is 0.720. The largest absolute Gasteiger partial charge is 0.379 e. The Morgan fingerprint density at radius 1 is 1.31 bits per heavy atom. The van der Waals surface area contributed by atoms with Gasteiger partial charge in [-0.05, 0) is 37.5 Å². The summed E-state index contributed by atoms with van der Waals surface area (Å²) < 4.78 is 5.58. The van der Waals surface area contributed by atoms with Gasteiger partial charge < -0.3 is 10.1 Å². The maximum Gasteiger partial charge on any atom is 0.157 e. The fraction of sp³-hybridized carbons (Fsp3) is 0.917. The van der Waals surface area contributed by atoms with Crippen LogP contribution in [0.15, 0.2) is 4.99 Å². The van der Waals surface area contributed by atoms with E-state index in [0.717, 1.165) is 48.6 Å². The summed E-state index contributed by atoms with van der Waals surface area (Å²) in [5.74, 6) is 1.83. The smallest absolute Gasteiger partial charge is 0.157 e. The van der Waals surface area contributed by atoms with Crippen molar-refractivity contribution in [1.82, 2.24) is 5.32 Å². The van der Waals surface area contributed by atoms with Crippen LogP contribution in [0.5, 0.6) is 0 Å². The molecule has 0 aromatic heterocycles. The molecule has 3 nitrogen and oxygen atoms in total. The van der Waals surface area contributed by atoms with Gasteiger partial charge in [0, 0.05) is 18.4 Å². The van der Waals surface area contributed by atoms with Gasteiger partial charge in [-0.1, -0.05) is 11.8 Å². The number of hydrogen-bond donors (Lipinski definition) is 1. The van der Waals surface area contributed by atoms with E-state index in [1.54, 1.807) is 0 Å². The molecule has 2 aliphatic carbocycles. The minimum absolute atomic E-state index is 0.773. The van der Waals surface area contributed by atoms with Gasteiger partial charge in [-0.15, -0.1) is 0 Å². The van der Waals surface area contributed by atoms with Gasteiger partial charge in [-0.2, -0.15) is 0 Å². The molecule has 0 saturated heterocycles. The highest BCUT2D eigenvalue weighted by Crippen LogP contribution is 2.41. The number of amidine groups is 1. The van der Waals surface area contributed by atoms with Crippen LogP contribution in [-0.2, 0) is 4.74 Å². The highest BCUT2D eigenvalue weighted by atomic mass is 32.2. The number of ether oxygens (including phenoxy) is 1. The Hall–Kier alpha value is -0.220. The van der Waals surface area contributed by atoms with Gasteiger partial charge in [0.1, 0.15) is 0 Å². The summed E-state index contributed by atoms with van der Waals surface area (Å²) in [5.41, 5.74) is 0. The van der Waals surface area contributed by atoms with Gasteiger partial charge in [0.05, 0.1) is 13.2 Å². The van der Waals surface area contributed by atoms with Crippen LogP contribution < -0.4 is 5.32 Å². The van der Waals surface area contributed by atoms with Crippen molar-refractivity contribution in [2.45, 2.75) is 30.9 Å². The van der Waals surface area contributed by atoms with Crippen LogP contribution in [0.3, 0.4) is 0 Å². The van der Waals surface area contributed by atoms with Crippen molar-refractivity contribution in [1.29, 1.82) is 0 Å². The lowest BCUT2D eigenvalue weighted by atomic mass is 10.3. The van der Waals surface area contributed by atoms with Crippen LogP contribution in [0, 0.1) is 11.8 Å². The second-order valence-corrected chi connectivity index (χ2v) is 6.31. The average molecular weight is 240 g/mol. The first-order valence-corrected chi connectivity index (χ1v) is 7.32. The maximum atomic E-state index is 5.58. The van der Waals surface area contributed by atoms with Crippen LogP contribution in [0.1, 0.15) is 25.7 Å². The van der Waals surface area contributed by atoms with Crippen LogP contribution in [-0.4, -0.2) is 36.7 Å². The minimum Gasteiger partial charge on any atom is -0.379 e. The lowest BCUT2D eigenvalue weighted by Crippen LogP contribution is -2.24. The van der Waals surface area contributed by atoms with E-state index in [2.05, 4.69) is 10.3 Å². The third kappa shape index (κ3) is 3.14. The summed E-state index contributed by atoms with van der Waals surface area (Å²) in [6.07, 6.45) is 5.59. The molecule has 3 rings (SSSR count). The summed E-state index contributed by atoms with van der Waals surface area (Å²) in [4.78, 5) is 4.54. The summed E-state index contributed by atoms with van der Waals surface area (Å²) >= 11 is 1.94. The number of nitrogens with one attached hydrogen (secondary N) is 1. The molecule has 1 atom stereocenters. The highest BCUT2D eigenvalue weighted by Gasteiger charge is 2.35. The average Bonchev–Trinajstić information content (AvgIpc) is 3.19. The number of thioether (sulfide) groups is 1. The molecule has 1 unspecified atom stereocenters. The van der Waals surface area contributed by atoms with Crippen molar-refractivity contribution in [2.75, 3.05) is 26.3 Å². The highest BCUT2D eigenvalue weighted by molar-refractivity contribution is 8.14. The molecule has 0 aromatic rings. The molecule has 0 spiro atoms. The van der Waals surface area contributed by atoms with E-state index in [-0.39, 0.29) is 0 Å². The standard InChI is InChI=1S/C12H20N2OS/c1-2-9(1)8-15-6-5-13-12-14-7-11(16-12)10-3-4-10/h9-11H,1-8H2,(H,13,14). The van der Waals surface area contributed by atoms with E-state index in [1.165, 1.54) is 25.7 Å². The van der Waals surface area contributed by atoms with Crippen molar-refractivity contribution in [3.8, 4) is 0 Å². The summed E-state index contributed by atoms with van der Waals surface area (Å²) in [6.45, 7) is 3.73. The molecule has 2 saturated carbocycles. The lowest BCUT2D eigenvalue weighted by Gasteiger charge is -2.08. The Balaban J connectivity index is 1.24. The second-order valence-electron chi connectivity index (χ2n) is 5.08. The van der Waals surface area contributed by atoms with Gasteiger partial charge in [0.2, 0.25) is 0 Å². The zero-order valence-corrected chi connectivity index (χ0v) is 10.5. The molecule has 16 heavy (non-hydrogen) atoms. The molecular formula is C12H20N2OS. The Morgan fingerprint density at radius 2 is 2.19 bits per heavy atom. The monoisotopic (exact) mass is 240 g/mol. The van der Waals surface area contributed by atoms with Crippen molar-refractivity contribution < 1.29 is 4.74 Å². The number of hydrogen-bond acceptors (Lipinski definition) is 4. The molecule has 0 radical (unpaired) electrons. The van der Waals surface area contributed by atoms with Crippen molar-refractivity contribution in [3.05, 3.63) is 0 Å². The molecule has 4 heteroatoms. The van der Waals surface area contributed by atoms with Crippen molar-refractivity contribution in [3.63, 3.8) is 0 Å². The third-order valence-corrected chi connectivity index (χ3v) is 4.73. The van der Waals surface area contributed by atoms with E-state index >= 15 is 0 Å². The molecule has 1 N–H and O–H groups in total. The molecule has 3 aliphatic rings. The van der Waals surface area contributed by atoms with Gasteiger partial charge in [-0.25, -0.2) is 0 Å². The van der Waals surface area contributed by atoms with Crippen LogP contribution in [0.25, 0.3) is 0 Å².